The molecule has 4 rings (SSSR count). The number of hydrogen-bond donors (Lipinski definition) is 1. The largest absolute Gasteiger partial charge is 0.493 e. The monoisotopic (exact) mass is 594 g/mol. The minimum atomic E-state index is -0.635. The van der Waals surface area contributed by atoms with Crippen LogP contribution in [-0.2, 0) is 16.2 Å². The number of nitrogens with zero attached hydrogens (tertiary/aromatic N) is 1. The second-order valence-electron chi connectivity index (χ2n) is 7.89. The lowest BCUT2D eigenvalue weighted by Gasteiger charge is -2.14. The molecule has 1 aliphatic rings. The van der Waals surface area contributed by atoms with Crippen LogP contribution in [0.25, 0.3) is 6.08 Å². The van der Waals surface area contributed by atoms with Crippen LogP contribution in [0.15, 0.2) is 59.5 Å². The third-order valence-corrected chi connectivity index (χ3v) is 7.15. The van der Waals surface area contributed by atoms with Crippen molar-refractivity contribution in [3.05, 3.63) is 91.5 Å². The number of amides is 3. The first-order chi connectivity index (χ1) is 18.1. The number of benzene rings is 3. The van der Waals surface area contributed by atoms with E-state index in [1.54, 1.807) is 30.3 Å². The molecule has 1 fully saturated rings. The molecule has 1 aliphatic heterocycles. The summed E-state index contributed by atoms with van der Waals surface area (Å²) >= 11 is 19.1. The van der Waals surface area contributed by atoms with Crippen LogP contribution >= 0.6 is 46.6 Å². The van der Waals surface area contributed by atoms with E-state index in [1.165, 1.54) is 37.5 Å². The van der Waals surface area contributed by atoms with Gasteiger partial charge in [0.2, 0.25) is 5.91 Å². The molecule has 1 saturated heterocycles. The van der Waals surface area contributed by atoms with Crippen LogP contribution in [0.1, 0.15) is 11.1 Å². The number of rotatable bonds is 8. The zero-order valence-electron chi connectivity index (χ0n) is 19.6. The molecule has 12 heteroatoms. The Morgan fingerprint density at radius 3 is 2.45 bits per heavy atom. The van der Waals surface area contributed by atoms with Crippen LogP contribution in [0.4, 0.5) is 14.9 Å². The highest BCUT2D eigenvalue weighted by molar-refractivity contribution is 8.18. The molecule has 0 unspecified atom stereocenters. The van der Waals surface area contributed by atoms with Crippen molar-refractivity contribution < 1.29 is 28.2 Å². The van der Waals surface area contributed by atoms with Gasteiger partial charge in [0, 0.05) is 5.69 Å². The van der Waals surface area contributed by atoms with Crippen molar-refractivity contribution in [2.24, 2.45) is 0 Å². The Balaban J connectivity index is 1.46. The van der Waals surface area contributed by atoms with Crippen LogP contribution in [-0.4, -0.2) is 35.6 Å². The highest BCUT2D eigenvalue weighted by Crippen LogP contribution is 2.39. The fourth-order valence-electron chi connectivity index (χ4n) is 3.41. The lowest BCUT2D eigenvalue weighted by Crippen LogP contribution is -2.36. The molecule has 7 nitrogen and oxygen atoms in total. The van der Waals surface area contributed by atoms with Gasteiger partial charge in [0.25, 0.3) is 11.1 Å². The molecule has 1 heterocycles. The standard InChI is InChI=1S/C26H18Cl3FN2O5S/c1-36-21-10-15(9-20(29)24(21)37-13-14-2-7-18(27)19(28)8-14)11-22-25(34)32(26(35)38-22)12-23(33)31-17-5-3-16(30)4-6-17/h2-11H,12-13H2,1H3,(H,31,33)/b22-11-. The zero-order chi connectivity index (χ0) is 27.4. The molecular weight excluding hydrogens is 578 g/mol. The van der Waals surface area contributed by atoms with Gasteiger partial charge in [0.05, 0.1) is 27.1 Å². The van der Waals surface area contributed by atoms with Crippen LogP contribution in [0.2, 0.25) is 15.1 Å². The molecule has 196 valence electrons. The highest BCUT2D eigenvalue weighted by Gasteiger charge is 2.36. The lowest BCUT2D eigenvalue weighted by atomic mass is 10.1. The first-order valence-corrected chi connectivity index (χ1v) is 12.8. The minimum Gasteiger partial charge on any atom is -0.493 e. The topological polar surface area (TPSA) is 84.9 Å². The van der Waals surface area contributed by atoms with Gasteiger partial charge in [-0.25, -0.2) is 4.39 Å². The molecular formula is C26H18Cl3FN2O5S. The number of halogens is 4. The average Bonchev–Trinajstić information content (AvgIpc) is 3.13. The molecule has 38 heavy (non-hydrogen) atoms. The summed E-state index contributed by atoms with van der Waals surface area (Å²) in [6, 6.07) is 13.4. The summed E-state index contributed by atoms with van der Waals surface area (Å²) in [6.07, 6.45) is 1.47. The van der Waals surface area contributed by atoms with Gasteiger partial charge in [0.1, 0.15) is 19.0 Å². The second-order valence-corrected chi connectivity index (χ2v) is 10.1. The summed E-state index contributed by atoms with van der Waals surface area (Å²) in [5, 5.41) is 2.95. The first-order valence-electron chi connectivity index (χ1n) is 10.9. The Morgan fingerprint density at radius 1 is 1.03 bits per heavy atom. The van der Waals surface area contributed by atoms with Crippen molar-refractivity contribution in [1.82, 2.24) is 4.90 Å². The lowest BCUT2D eigenvalue weighted by molar-refractivity contribution is -0.127. The number of hydrogen-bond acceptors (Lipinski definition) is 6. The number of thioether (sulfide) groups is 1. The first kappa shape index (κ1) is 27.8. The van der Waals surface area contributed by atoms with Gasteiger partial charge < -0.3 is 14.8 Å². The van der Waals surface area contributed by atoms with Crippen molar-refractivity contribution in [1.29, 1.82) is 0 Å². The number of methoxy groups -OCH3 is 1. The highest BCUT2D eigenvalue weighted by atomic mass is 35.5. The van der Waals surface area contributed by atoms with Gasteiger partial charge in [-0.15, -0.1) is 0 Å². The third-order valence-electron chi connectivity index (χ3n) is 5.22. The van der Waals surface area contributed by atoms with E-state index < -0.39 is 29.4 Å². The third kappa shape index (κ3) is 6.60. The van der Waals surface area contributed by atoms with Crippen molar-refractivity contribution in [3.63, 3.8) is 0 Å². The van der Waals surface area contributed by atoms with Gasteiger partial charge >= 0.3 is 0 Å². The fourth-order valence-corrected chi connectivity index (χ4v) is 4.85. The summed E-state index contributed by atoms with van der Waals surface area (Å²) in [4.78, 5) is 38.5. The number of carbonyl (C=O) groups excluding carboxylic acids is 3. The van der Waals surface area contributed by atoms with E-state index >= 15 is 0 Å². The van der Waals surface area contributed by atoms with E-state index in [0.717, 1.165) is 10.5 Å². The van der Waals surface area contributed by atoms with E-state index in [9.17, 15) is 18.8 Å². The Bertz CT molecular complexity index is 1450. The number of anilines is 1. The maximum atomic E-state index is 13.1. The summed E-state index contributed by atoms with van der Waals surface area (Å²) in [5.41, 5.74) is 1.58. The predicted octanol–water partition coefficient (Wildman–Crippen LogP) is 7.05. The second kappa shape index (κ2) is 12.1. The Kier molecular flexibility index (Phi) is 8.83. The van der Waals surface area contributed by atoms with E-state index in [-0.39, 0.29) is 22.3 Å². The average molecular weight is 596 g/mol. The molecule has 3 amide bonds. The molecule has 3 aromatic carbocycles. The van der Waals surface area contributed by atoms with Crippen LogP contribution in [0.3, 0.4) is 0 Å². The molecule has 3 aromatic rings. The number of ether oxygens (including phenoxy) is 2. The maximum Gasteiger partial charge on any atom is 0.294 e. The van der Waals surface area contributed by atoms with E-state index in [1.807, 2.05) is 0 Å². The van der Waals surface area contributed by atoms with E-state index in [0.29, 0.717) is 38.8 Å². The maximum absolute atomic E-state index is 13.1. The van der Waals surface area contributed by atoms with Crippen molar-refractivity contribution in [2.75, 3.05) is 19.0 Å². The quantitative estimate of drug-likeness (QED) is 0.281. The summed E-state index contributed by atoms with van der Waals surface area (Å²) in [6.45, 7) is -0.351. The van der Waals surface area contributed by atoms with E-state index in [2.05, 4.69) is 5.32 Å². The number of nitrogens with one attached hydrogen (secondary N) is 1. The Labute approximate surface area is 236 Å². The predicted molar refractivity (Wildman–Crippen MR) is 147 cm³/mol. The van der Waals surface area contributed by atoms with Gasteiger partial charge in [0.15, 0.2) is 11.5 Å². The Hall–Kier alpha value is -3.24. The van der Waals surface area contributed by atoms with Gasteiger partial charge in [-0.1, -0.05) is 40.9 Å². The smallest absolute Gasteiger partial charge is 0.294 e. The van der Waals surface area contributed by atoms with Crippen molar-refractivity contribution in [2.45, 2.75) is 6.61 Å². The number of imide groups is 1. The Morgan fingerprint density at radius 2 is 1.76 bits per heavy atom. The fraction of sp³-hybridized carbons (Fsp3) is 0.115. The summed E-state index contributed by atoms with van der Waals surface area (Å²) in [7, 11) is 1.44. The van der Waals surface area contributed by atoms with Gasteiger partial charge in [-0.05, 0) is 77.5 Å². The van der Waals surface area contributed by atoms with Gasteiger partial charge in [-0.3, -0.25) is 19.3 Å². The summed E-state index contributed by atoms with van der Waals surface area (Å²) in [5.74, 6) is -1.11. The molecule has 0 bridgehead atoms. The summed E-state index contributed by atoms with van der Waals surface area (Å²) < 4.78 is 24.3. The molecule has 0 saturated carbocycles. The number of carbonyl (C=O) groups is 3. The van der Waals surface area contributed by atoms with Crippen LogP contribution in [0.5, 0.6) is 11.5 Å². The molecule has 0 radical (unpaired) electrons. The van der Waals surface area contributed by atoms with Crippen LogP contribution < -0.4 is 14.8 Å². The molecule has 1 N–H and O–H groups in total. The zero-order valence-corrected chi connectivity index (χ0v) is 22.7. The molecule has 0 atom stereocenters. The van der Waals surface area contributed by atoms with Crippen molar-refractivity contribution in [3.8, 4) is 11.5 Å². The molecule has 0 aromatic heterocycles. The normalized spacial score (nSPS) is 14.2. The SMILES string of the molecule is COc1cc(/C=C2\SC(=O)N(CC(=O)Nc3ccc(F)cc3)C2=O)cc(Cl)c1OCc1ccc(Cl)c(Cl)c1. The molecule has 0 aliphatic carbocycles. The van der Waals surface area contributed by atoms with E-state index in [4.69, 9.17) is 44.3 Å². The van der Waals surface area contributed by atoms with Gasteiger partial charge in [-0.2, -0.15) is 0 Å². The van der Waals surface area contributed by atoms with Crippen LogP contribution in [0, 0.1) is 5.82 Å². The molecule has 0 spiro atoms. The minimum absolute atomic E-state index is 0.104. The van der Waals surface area contributed by atoms with Crippen molar-refractivity contribution >= 4 is 75.4 Å².